The van der Waals surface area contributed by atoms with Gasteiger partial charge in [-0.25, -0.2) is 0 Å². The number of nitrogens with two attached hydrogens (primary N) is 1. The summed E-state index contributed by atoms with van der Waals surface area (Å²) < 4.78 is 12.2. The fourth-order valence-electron chi connectivity index (χ4n) is 4.97. The van der Waals surface area contributed by atoms with Crippen molar-refractivity contribution in [1.82, 2.24) is 5.32 Å². The summed E-state index contributed by atoms with van der Waals surface area (Å²) in [5.41, 5.74) is 6.01. The van der Waals surface area contributed by atoms with Crippen LogP contribution < -0.4 is 11.1 Å². The number of hydrogen-bond donors (Lipinski definition) is 4. The second-order valence-electron chi connectivity index (χ2n) is 9.73. The number of rotatable bonds is 4. The minimum atomic E-state index is -1.06. The lowest BCUT2D eigenvalue weighted by Crippen LogP contribution is -2.61. The predicted octanol–water partition coefficient (Wildman–Crippen LogP) is 2.71. The van der Waals surface area contributed by atoms with Crippen LogP contribution >= 0.6 is 0 Å². The SMILES string of the molecule is CCC1CCCC(C)C(=O)NCCC[C@@H](CC)C(O[C@H]2O[C@H](C)[C@@H](O)[C@H](N)[C@@H]2O)CC1. The lowest BCUT2D eigenvalue weighted by atomic mass is 9.85. The highest BCUT2D eigenvalue weighted by Crippen LogP contribution is 2.31. The van der Waals surface area contributed by atoms with Gasteiger partial charge in [0.1, 0.15) is 6.10 Å². The first-order valence-electron chi connectivity index (χ1n) is 12.5. The summed E-state index contributed by atoms with van der Waals surface area (Å²) in [6, 6.07) is -0.784. The fraction of sp³-hybridized carbons (Fsp3) is 0.958. The van der Waals surface area contributed by atoms with Gasteiger partial charge in [0.25, 0.3) is 0 Å². The van der Waals surface area contributed by atoms with Crippen LogP contribution in [0.3, 0.4) is 0 Å². The standard InChI is InChI=1S/C24H46N2O5/c1-5-17-10-7-9-15(3)23(29)26-14-8-11-18(6-2)19(13-12-17)31-24-22(28)20(25)21(27)16(4)30-24/h15-22,24,27-28H,5-14,25H2,1-4H3,(H,26,29)/t15?,16-,17?,18-,19?,20+,21-,22+,24-/m1/s1. The van der Waals surface area contributed by atoms with Gasteiger partial charge in [-0.2, -0.15) is 0 Å². The minimum absolute atomic E-state index is 0.0501. The Morgan fingerprint density at radius 1 is 1.03 bits per heavy atom. The average Bonchev–Trinajstić information content (AvgIpc) is 2.76. The molecule has 0 aromatic carbocycles. The van der Waals surface area contributed by atoms with Gasteiger partial charge in [-0.05, 0) is 50.9 Å². The summed E-state index contributed by atoms with van der Waals surface area (Å²) in [6.07, 6.45) is 5.67. The monoisotopic (exact) mass is 442 g/mol. The van der Waals surface area contributed by atoms with Gasteiger partial charge in [0.15, 0.2) is 6.29 Å². The van der Waals surface area contributed by atoms with Crippen molar-refractivity contribution in [2.75, 3.05) is 6.54 Å². The van der Waals surface area contributed by atoms with E-state index in [-0.39, 0.29) is 17.9 Å². The van der Waals surface area contributed by atoms with Crippen LogP contribution in [-0.2, 0) is 14.3 Å². The second kappa shape index (κ2) is 13.1. The van der Waals surface area contributed by atoms with E-state index in [1.165, 1.54) is 0 Å². The number of carbonyl (C=O) groups excluding carboxylic acids is 1. The molecule has 0 aromatic heterocycles. The van der Waals surface area contributed by atoms with Crippen LogP contribution in [0.25, 0.3) is 0 Å². The summed E-state index contributed by atoms with van der Waals surface area (Å²) in [7, 11) is 0. The second-order valence-corrected chi connectivity index (χ2v) is 9.73. The van der Waals surface area contributed by atoms with Crippen molar-refractivity contribution in [3.63, 3.8) is 0 Å². The van der Waals surface area contributed by atoms with E-state index < -0.39 is 30.6 Å². The molecule has 2 saturated heterocycles. The molecule has 182 valence electrons. The summed E-state index contributed by atoms with van der Waals surface area (Å²) in [5, 5.41) is 23.8. The molecule has 3 unspecified atom stereocenters. The van der Waals surface area contributed by atoms with E-state index in [0.29, 0.717) is 18.4 Å². The normalized spacial score (nSPS) is 41.9. The first-order valence-corrected chi connectivity index (χ1v) is 12.5. The Labute approximate surface area is 188 Å². The van der Waals surface area contributed by atoms with E-state index in [2.05, 4.69) is 19.2 Å². The molecule has 2 heterocycles. The van der Waals surface area contributed by atoms with Crippen molar-refractivity contribution in [3.05, 3.63) is 0 Å². The maximum absolute atomic E-state index is 12.3. The highest BCUT2D eigenvalue weighted by Gasteiger charge is 2.42. The zero-order valence-corrected chi connectivity index (χ0v) is 20.0. The lowest BCUT2D eigenvalue weighted by molar-refractivity contribution is -0.286. The molecule has 0 saturated carbocycles. The Morgan fingerprint density at radius 3 is 2.45 bits per heavy atom. The van der Waals surface area contributed by atoms with Gasteiger partial charge in [-0.15, -0.1) is 0 Å². The van der Waals surface area contributed by atoms with Gasteiger partial charge in [-0.1, -0.05) is 46.5 Å². The summed E-state index contributed by atoms with van der Waals surface area (Å²) in [5.74, 6) is 1.14. The zero-order valence-electron chi connectivity index (χ0n) is 20.0. The average molecular weight is 443 g/mol. The van der Waals surface area contributed by atoms with Crippen molar-refractivity contribution < 1.29 is 24.5 Å². The molecule has 2 aliphatic heterocycles. The number of ether oxygens (including phenoxy) is 2. The number of carbonyl (C=O) groups is 1. The van der Waals surface area contributed by atoms with E-state index in [0.717, 1.165) is 57.8 Å². The lowest BCUT2D eigenvalue weighted by Gasteiger charge is -2.42. The van der Waals surface area contributed by atoms with Gasteiger partial charge < -0.3 is 30.7 Å². The van der Waals surface area contributed by atoms with Crippen LogP contribution in [-0.4, -0.2) is 59.4 Å². The molecular formula is C24H46N2O5. The number of aliphatic hydroxyl groups is 2. The molecule has 7 heteroatoms. The van der Waals surface area contributed by atoms with Crippen LogP contribution in [0, 0.1) is 17.8 Å². The van der Waals surface area contributed by atoms with E-state index >= 15 is 0 Å². The van der Waals surface area contributed by atoms with Crippen molar-refractivity contribution in [3.8, 4) is 0 Å². The highest BCUT2D eigenvalue weighted by molar-refractivity contribution is 5.78. The Kier molecular flexibility index (Phi) is 11.2. The van der Waals surface area contributed by atoms with Gasteiger partial charge in [-0.3, -0.25) is 4.79 Å². The quantitative estimate of drug-likeness (QED) is 0.532. The Morgan fingerprint density at radius 2 is 1.77 bits per heavy atom. The minimum Gasteiger partial charge on any atom is -0.389 e. The highest BCUT2D eigenvalue weighted by atomic mass is 16.7. The van der Waals surface area contributed by atoms with Gasteiger partial charge in [0.05, 0.1) is 24.4 Å². The predicted molar refractivity (Wildman–Crippen MR) is 121 cm³/mol. The topological polar surface area (TPSA) is 114 Å². The molecule has 1 amide bonds. The first-order chi connectivity index (χ1) is 14.8. The molecule has 0 bridgehead atoms. The zero-order chi connectivity index (χ0) is 23.0. The number of hydrogen-bond acceptors (Lipinski definition) is 6. The molecular weight excluding hydrogens is 396 g/mol. The van der Waals surface area contributed by atoms with E-state index in [1.54, 1.807) is 6.92 Å². The smallest absolute Gasteiger partial charge is 0.222 e. The maximum Gasteiger partial charge on any atom is 0.222 e. The molecule has 2 fully saturated rings. The molecule has 9 atom stereocenters. The maximum atomic E-state index is 12.3. The number of amides is 1. The molecule has 7 nitrogen and oxygen atoms in total. The molecule has 0 aromatic rings. The Bertz CT molecular complexity index is 534. The third kappa shape index (κ3) is 7.67. The van der Waals surface area contributed by atoms with Gasteiger partial charge in [0, 0.05) is 12.5 Å². The largest absolute Gasteiger partial charge is 0.389 e. The molecule has 2 aliphatic rings. The number of nitrogens with one attached hydrogen (secondary N) is 1. The van der Waals surface area contributed by atoms with Crippen molar-refractivity contribution in [1.29, 1.82) is 0 Å². The molecule has 5 N–H and O–H groups in total. The van der Waals surface area contributed by atoms with Gasteiger partial charge in [0.2, 0.25) is 5.91 Å². The third-order valence-corrected chi connectivity index (χ3v) is 7.44. The fourth-order valence-corrected chi connectivity index (χ4v) is 4.97. The molecule has 2 rings (SSSR count). The van der Waals surface area contributed by atoms with E-state index in [4.69, 9.17) is 15.2 Å². The van der Waals surface area contributed by atoms with Crippen molar-refractivity contribution >= 4 is 5.91 Å². The first kappa shape index (κ1) is 26.5. The molecule has 31 heavy (non-hydrogen) atoms. The number of aliphatic hydroxyl groups excluding tert-OH is 2. The van der Waals surface area contributed by atoms with E-state index in [9.17, 15) is 15.0 Å². The van der Waals surface area contributed by atoms with Crippen LogP contribution in [0.1, 0.15) is 85.5 Å². The Hall–Kier alpha value is -0.730. The molecule has 0 radical (unpaired) electrons. The van der Waals surface area contributed by atoms with Crippen LogP contribution in [0.2, 0.25) is 0 Å². The summed E-state index contributed by atoms with van der Waals surface area (Å²) in [6.45, 7) is 8.86. The van der Waals surface area contributed by atoms with Crippen molar-refractivity contribution in [2.24, 2.45) is 23.5 Å². The molecule has 0 aliphatic carbocycles. The van der Waals surface area contributed by atoms with Gasteiger partial charge >= 0.3 is 0 Å². The van der Waals surface area contributed by atoms with Crippen LogP contribution in [0.5, 0.6) is 0 Å². The van der Waals surface area contributed by atoms with Crippen LogP contribution in [0.15, 0.2) is 0 Å². The molecule has 0 spiro atoms. The van der Waals surface area contributed by atoms with Crippen molar-refractivity contribution in [2.45, 2.75) is 122 Å². The summed E-state index contributed by atoms with van der Waals surface area (Å²) in [4.78, 5) is 12.3. The van der Waals surface area contributed by atoms with E-state index in [1.807, 2.05) is 6.92 Å². The third-order valence-electron chi connectivity index (χ3n) is 7.44. The Balaban J connectivity index is 2.10. The van der Waals surface area contributed by atoms with Crippen LogP contribution in [0.4, 0.5) is 0 Å². The summed E-state index contributed by atoms with van der Waals surface area (Å²) >= 11 is 0.